The van der Waals surface area contributed by atoms with Crippen molar-refractivity contribution >= 4 is 0 Å². The zero-order valence-corrected chi connectivity index (χ0v) is 11.9. The van der Waals surface area contributed by atoms with E-state index in [1.807, 2.05) is 7.05 Å². The second-order valence-electron chi connectivity index (χ2n) is 6.18. The summed E-state index contributed by atoms with van der Waals surface area (Å²) in [6.45, 7) is 8.24. The molecule has 0 amide bonds. The number of benzene rings is 1. The molecule has 2 heteroatoms. The summed E-state index contributed by atoms with van der Waals surface area (Å²) in [4.78, 5) is 2.64. The first-order chi connectivity index (χ1) is 8.62. The zero-order valence-electron chi connectivity index (χ0n) is 11.9. The van der Waals surface area contributed by atoms with E-state index in [1.54, 1.807) is 0 Å². The third kappa shape index (κ3) is 3.33. The number of nitrogens with zero attached hydrogens (tertiary/aromatic N) is 1. The van der Waals surface area contributed by atoms with Gasteiger partial charge in [-0.05, 0) is 44.0 Å². The molecule has 1 N–H and O–H groups in total. The molecule has 0 aromatic heterocycles. The standard InChI is InChI=1S/C16H26N2/c1-16(2)9-11-18(12-10-16)15(13-17-3)14-7-5-4-6-8-14/h4-8,15,17H,9-13H2,1-3H3. The second kappa shape index (κ2) is 5.85. The van der Waals surface area contributed by atoms with Crippen LogP contribution in [0, 0.1) is 5.41 Å². The molecule has 1 aliphatic rings. The molecule has 0 bridgehead atoms. The second-order valence-corrected chi connectivity index (χ2v) is 6.18. The lowest BCUT2D eigenvalue weighted by molar-refractivity contribution is 0.0935. The van der Waals surface area contributed by atoms with E-state index in [0.29, 0.717) is 11.5 Å². The van der Waals surface area contributed by atoms with Crippen molar-refractivity contribution in [2.45, 2.75) is 32.7 Å². The summed E-state index contributed by atoms with van der Waals surface area (Å²) < 4.78 is 0. The summed E-state index contributed by atoms with van der Waals surface area (Å²) >= 11 is 0. The van der Waals surface area contributed by atoms with Crippen LogP contribution >= 0.6 is 0 Å². The van der Waals surface area contributed by atoms with Crippen molar-refractivity contribution in [1.82, 2.24) is 10.2 Å². The van der Waals surface area contributed by atoms with Gasteiger partial charge in [-0.15, -0.1) is 0 Å². The van der Waals surface area contributed by atoms with Gasteiger partial charge in [-0.3, -0.25) is 4.90 Å². The van der Waals surface area contributed by atoms with Crippen LogP contribution < -0.4 is 5.32 Å². The molecule has 1 aromatic carbocycles. The molecule has 2 rings (SSSR count). The number of piperidine rings is 1. The molecule has 1 aromatic rings. The van der Waals surface area contributed by atoms with Gasteiger partial charge in [-0.25, -0.2) is 0 Å². The van der Waals surface area contributed by atoms with Crippen LogP contribution in [-0.2, 0) is 0 Å². The Bertz CT molecular complexity index is 349. The van der Waals surface area contributed by atoms with Crippen LogP contribution in [0.15, 0.2) is 30.3 Å². The molecule has 1 saturated heterocycles. The van der Waals surface area contributed by atoms with Gasteiger partial charge in [0.1, 0.15) is 0 Å². The van der Waals surface area contributed by atoms with Crippen molar-refractivity contribution in [1.29, 1.82) is 0 Å². The fourth-order valence-electron chi connectivity index (χ4n) is 2.77. The minimum Gasteiger partial charge on any atom is -0.318 e. The first kappa shape index (κ1) is 13.6. The van der Waals surface area contributed by atoms with E-state index in [1.165, 1.54) is 31.5 Å². The minimum atomic E-state index is 0.521. The van der Waals surface area contributed by atoms with E-state index in [2.05, 4.69) is 54.4 Å². The zero-order chi connectivity index (χ0) is 13.0. The molecule has 1 unspecified atom stereocenters. The number of likely N-dealkylation sites (N-methyl/N-ethyl adjacent to an activating group) is 1. The molecule has 18 heavy (non-hydrogen) atoms. The number of hydrogen-bond donors (Lipinski definition) is 1. The first-order valence-corrected chi connectivity index (χ1v) is 7.06. The SMILES string of the molecule is CNCC(c1ccccc1)N1CCC(C)(C)CC1. The van der Waals surface area contributed by atoms with Gasteiger partial charge in [0, 0.05) is 12.6 Å². The lowest BCUT2D eigenvalue weighted by atomic mass is 9.82. The Hall–Kier alpha value is -0.860. The van der Waals surface area contributed by atoms with Gasteiger partial charge in [0.25, 0.3) is 0 Å². The fraction of sp³-hybridized carbons (Fsp3) is 0.625. The van der Waals surface area contributed by atoms with E-state index in [9.17, 15) is 0 Å². The monoisotopic (exact) mass is 246 g/mol. The van der Waals surface area contributed by atoms with E-state index in [0.717, 1.165) is 6.54 Å². The molecule has 0 radical (unpaired) electrons. The Balaban J connectivity index is 2.07. The molecule has 1 atom stereocenters. The van der Waals surface area contributed by atoms with Crippen molar-refractivity contribution in [2.75, 3.05) is 26.7 Å². The van der Waals surface area contributed by atoms with Gasteiger partial charge in [0.05, 0.1) is 0 Å². The topological polar surface area (TPSA) is 15.3 Å². The van der Waals surface area contributed by atoms with E-state index >= 15 is 0 Å². The van der Waals surface area contributed by atoms with Crippen molar-refractivity contribution in [3.63, 3.8) is 0 Å². The van der Waals surface area contributed by atoms with Crippen LogP contribution in [-0.4, -0.2) is 31.6 Å². The summed E-state index contributed by atoms with van der Waals surface area (Å²) in [7, 11) is 2.05. The minimum absolute atomic E-state index is 0.521. The lowest BCUT2D eigenvalue weighted by Crippen LogP contribution is -2.42. The predicted octanol–water partition coefficient (Wildman–Crippen LogP) is 3.07. The highest BCUT2D eigenvalue weighted by molar-refractivity contribution is 5.19. The summed E-state index contributed by atoms with van der Waals surface area (Å²) in [6, 6.07) is 11.4. The number of likely N-dealkylation sites (tertiary alicyclic amines) is 1. The Morgan fingerprint density at radius 1 is 1.17 bits per heavy atom. The third-order valence-corrected chi connectivity index (χ3v) is 4.17. The van der Waals surface area contributed by atoms with Gasteiger partial charge in [0.2, 0.25) is 0 Å². The molecule has 2 nitrogen and oxygen atoms in total. The maximum absolute atomic E-state index is 3.34. The molecule has 1 aliphatic heterocycles. The van der Waals surface area contributed by atoms with Crippen LogP contribution in [0.4, 0.5) is 0 Å². The van der Waals surface area contributed by atoms with Crippen molar-refractivity contribution in [3.05, 3.63) is 35.9 Å². The quantitative estimate of drug-likeness (QED) is 0.878. The molecule has 100 valence electrons. The Morgan fingerprint density at radius 3 is 2.33 bits per heavy atom. The molecule has 1 heterocycles. The molecule has 0 saturated carbocycles. The maximum Gasteiger partial charge on any atom is 0.0472 e. The van der Waals surface area contributed by atoms with Crippen molar-refractivity contribution in [3.8, 4) is 0 Å². The van der Waals surface area contributed by atoms with Gasteiger partial charge < -0.3 is 5.32 Å². The van der Waals surface area contributed by atoms with Crippen LogP contribution in [0.5, 0.6) is 0 Å². The number of hydrogen-bond acceptors (Lipinski definition) is 2. The molecular formula is C16H26N2. The molecule has 0 spiro atoms. The summed E-state index contributed by atoms with van der Waals surface area (Å²) in [5, 5.41) is 3.34. The summed E-state index contributed by atoms with van der Waals surface area (Å²) in [5.41, 5.74) is 1.96. The van der Waals surface area contributed by atoms with Gasteiger partial charge in [0.15, 0.2) is 0 Å². The van der Waals surface area contributed by atoms with Crippen LogP contribution in [0.1, 0.15) is 38.3 Å². The average Bonchev–Trinajstić information content (AvgIpc) is 2.38. The third-order valence-electron chi connectivity index (χ3n) is 4.17. The van der Waals surface area contributed by atoms with Crippen LogP contribution in [0.2, 0.25) is 0 Å². The number of rotatable bonds is 4. The van der Waals surface area contributed by atoms with E-state index in [4.69, 9.17) is 0 Å². The average molecular weight is 246 g/mol. The molecule has 0 aliphatic carbocycles. The lowest BCUT2D eigenvalue weighted by Gasteiger charge is -2.41. The summed E-state index contributed by atoms with van der Waals surface area (Å²) in [5.74, 6) is 0. The first-order valence-electron chi connectivity index (χ1n) is 7.06. The van der Waals surface area contributed by atoms with Crippen molar-refractivity contribution in [2.24, 2.45) is 5.41 Å². The van der Waals surface area contributed by atoms with Crippen molar-refractivity contribution < 1.29 is 0 Å². The van der Waals surface area contributed by atoms with Crippen LogP contribution in [0.3, 0.4) is 0 Å². The normalized spacial score (nSPS) is 21.7. The Kier molecular flexibility index (Phi) is 4.41. The molecular weight excluding hydrogens is 220 g/mol. The van der Waals surface area contributed by atoms with Crippen LogP contribution in [0.25, 0.3) is 0 Å². The highest BCUT2D eigenvalue weighted by Gasteiger charge is 2.29. The predicted molar refractivity (Wildman–Crippen MR) is 77.7 cm³/mol. The summed E-state index contributed by atoms with van der Waals surface area (Å²) in [6.07, 6.45) is 2.61. The smallest absolute Gasteiger partial charge is 0.0472 e. The Labute approximate surface area is 111 Å². The van der Waals surface area contributed by atoms with Gasteiger partial charge in [-0.2, -0.15) is 0 Å². The Morgan fingerprint density at radius 2 is 1.78 bits per heavy atom. The van der Waals surface area contributed by atoms with E-state index < -0.39 is 0 Å². The maximum atomic E-state index is 3.34. The highest BCUT2D eigenvalue weighted by Crippen LogP contribution is 2.33. The van der Waals surface area contributed by atoms with Gasteiger partial charge >= 0.3 is 0 Å². The largest absolute Gasteiger partial charge is 0.318 e. The van der Waals surface area contributed by atoms with Gasteiger partial charge in [-0.1, -0.05) is 44.2 Å². The fourth-order valence-corrected chi connectivity index (χ4v) is 2.77. The van der Waals surface area contributed by atoms with E-state index in [-0.39, 0.29) is 0 Å². The number of nitrogens with one attached hydrogen (secondary N) is 1. The molecule has 1 fully saturated rings. The highest BCUT2D eigenvalue weighted by atomic mass is 15.2.